The van der Waals surface area contributed by atoms with E-state index in [4.69, 9.17) is 4.74 Å². The summed E-state index contributed by atoms with van der Waals surface area (Å²) in [5, 5.41) is 11.4. The molecule has 0 aromatic heterocycles. The number of nitrogens with zero attached hydrogens (tertiary/aromatic N) is 2. The number of carbonyl (C=O) groups excluding carboxylic acids is 2. The smallest absolute Gasteiger partial charge is 0.295 e. The van der Waals surface area contributed by atoms with Gasteiger partial charge in [-0.15, -0.1) is 0 Å². The molecule has 1 aliphatic heterocycles. The van der Waals surface area contributed by atoms with Gasteiger partial charge in [0.15, 0.2) is 0 Å². The first-order valence-corrected chi connectivity index (χ1v) is 11.8. The Labute approximate surface area is 202 Å². The van der Waals surface area contributed by atoms with Gasteiger partial charge in [-0.05, 0) is 63.2 Å². The molecule has 1 heterocycles. The Kier molecular flexibility index (Phi) is 7.82. The number of amides is 1. The Morgan fingerprint density at radius 2 is 1.76 bits per heavy atom. The van der Waals surface area contributed by atoms with Crippen molar-refractivity contribution < 1.29 is 19.4 Å². The van der Waals surface area contributed by atoms with Crippen LogP contribution in [0.5, 0.6) is 5.75 Å². The lowest BCUT2D eigenvalue weighted by Gasteiger charge is -2.26. The molecule has 0 radical (unpaired) electrons. The number of carbonyl (C=O) groups is 2. The number of Topliss-reactive ketones (excluding diaryl/α,β-unsaturated/α-hetero) is 1. The molecule has 1 fully saturated rings. The molecule has 2 aromatic rings. The van der Waals surface area contributed by atoms with E-state index in [-0.39, 0.29) is 16.7 Å². The van der Waals surface area contributed by atoms with Gasteiger partial charge in [0.2, 0.25) is 0 Å². The van der Waals surface area contributed by atoms with Crippen LogP contribution in [-0.4, -0.2) is 60.4 Å². The van der Waals surface area contributed by atoms with E-state index < -0.39 is 17.7 Å². The monoisotopic (exact) mass is 464 g/mol. The molecule has 182 valence electrons. The van der Waals surface area contributed by atoms with Crippen LogP contribution in [0.3, 0.4) is 0 Å². The second kappa shape index (κ2) is 10.4. The fourth-order valence-corrected chi connectivity index (χ4v) is 4.35. The van der Waals surface area contributed by atoms with Gasteiger partial charge in [-0.1, -0.05) is 51.1 Å². The number of ether oxygens (including phenoxy) is 1. The van der Waals surface area contributed by atoms with Crippen LogP contribution < -0.4 is 4.74 Å². The lowest BCUT2D eigenvalue weighted by atomic mass is 9.84. The van der Waals surface area contributed by atoms with Crippen molar-refractivity contribution >= 4 is 17.4 Å². The molecule has 0 bridgehead atoms. The summed E-state index contributed by atoms with van der Waals surface area (Å²) in [6.45, 7) is 9.89. The zero-order chi connectivity index (χ0) is 25.0. The first-order chi connectivity index (χ1) is 16.1. The Hall–Kier alpha value is -3.12. The highest BCUT2D eigenvalue weighted by molar-refractivity contribution is 6.46. The first-order valence-electron chi connectivity index (χ1n) is 11.8. The molecule has 6 nitrogen and oxygen atoms in total. The lowest BCUT2D eigenvalue weighted by molar-refractivity contribution is -0.139. The Balaban J connectivity index is 2.13. The fourth-order valence-electron chi connectivity index (χ4n) is 4.35. The van der Waals surface area contributed by atoms with Crippen LogP contribution in [0.2, 0.25) is 0 Å². The average molecular weight is 465 g/mol. The highest BCUT2D eigenvalue weighted by atomic mass is 16.5. The number of aliphatic hydroxyl groups excluding tert-OH is 1. The van der Waals surface area contributed by atoms with Gasteiger partial charge < -0.3 is 19.6 Å². The van der Waals surface area contributed by atoms with E-state index in [1.165, 1.54) is 0 Å². The normalized spacial score (nSPS) is 18.1. The number of ketones is 1. The maximum absolute atomic E-state index is 13.2. The third kappa shape index (κ3) is 5.33. The van der Waals surface area contributed by atoms with Crippen molar-refractivity contribution in [2.75, 3.05) is 33.8 Å². The fraction of sp³-hybridized carbons (Fsp3) is 0.429. The summed E-state index contributed by atoms with van der Waals surface area (Å²) in [5.41, 5.74) is 2.12. The number of rotatable bonds is 8. The summed E-state index contributed by atoms with van der Waals surface area (Å²) >= 11 is 0. The summed E-state index contributed by atoms with van der Waals surface area (Å²) in [6, 6.07) is 14.2. The highest BCUT2D eigenvalue weighted by Gasteiger charge is 2.45. The van der Waals surface area contributed by atoms with Crippen molar-refractivity contribution in [1.29, 1.82) is 0 Å². The van der Waals surface area contributed by atoms with Crippen LogP contribution in [0.1, 0.15) is 56.8 Å². The molecule has 34 heavy (non-hydrogen) atoms. The number of aliphatic hydroxyl groups is 1. The largest absolute Gasteiger partial charge is 0.507 e. The van der Waals surface area contributed by atoms with E-state index in [1.807, 2.05) is 68.4 Å². The number of benzene rings is 2. The van der Waals surface area contributed by atoms with Crippen LogP contribution in [0.15, 0.2) is 54.1 Å². The van der Waals surface area contributed by atoms with Crippen molar-refractivity contribution in [3.63, 3.8) is 0 Å². The molecular weight excluding hydrogens is 428 g/mol. The van der Waals surface area contributed by atoms with Crippen LogP contribution in [-0.2, 0) is 15.0 Å². The number of hydrogen-bond acceptors (Lipinski definition) is 5. The van der Waals surface area contributed by atoms with Crippen LogP contribution >= 0.6 is 0 Å². The van der Waals surface area contributed by atoms with Gasteiger partial charge >= 0.3 is 0 Å². The molecule has 0 spiro atoms. The summed E-state index contributed by atoms with van der Waals surface area (Å²) in [6.07, 6.45) is 0.723. The van der Waals surface area contributed by atoms with E-state index in [0.717, 1.165) is 29.8 Å². The highest BCUT2D eigenvalue weighted by Crippen LogP contribution is 2.41. The van der Waals surface area contributed by atoms with Crippen LogP contribution in [0.4, 0.5) is 0 Å². The molecule has 0 aliphatic carbocycles. The van der Waals surface area contributed by atoms with E-state index in [0.29, 0.717) is 18.7 Å². The minimum Gasteiger partial charge on any atom is -0.507 e. The van der Waals surface area contributed by atoms with Gasteiger partial charge in [-0.25, -0.2) is 0 Å². The van der Waals surface area contributed by atoms with Crippen molar-refractivity contribution in [3.05, 3.63) is 70.8 Å². The molecule has 3 rings (SSSR count). The first kappa shape index (κ1) is 25.5. The molecule has 2 aromatic carbocycles. The van der Waals surface area contributed by atoms with Gasteiger partial charge in [0.05, 0.1) is 18.2 Å². The van der Waals surface area contributed by atoms with E-state index in [1.54, 1.807) is 11.0 Å². The zero-order valence-electron chi connectivity index (χ0n) is 21.1. The topological polar surface area (TPSA) is 70.1 Å². The average Bonchev–Trinajstić information content (AvgIpc) is 3.04. The molecule has 1 N–H and O–H groups in total. The third-order valence-corrected chi connectivity index (χ3v) is 6.02. The van der Waals surface area contributed by atoms with E-state index >= 15 is 0 Å². The second-order valence-electron chi connectivity index (χ2n) is 9.95. The van der Waals surface area contributed by atoms with E-state index in [2.05, 4.69) is 20.8 Å². The zero-order valence-corrected chi connectivity index (χ0v) is 21.1. The molecular formula is C28H36N2O4. The molecule has 0 saturated carbocycles. The molecule has 1 atom stereocenters. The lowest BCUT2D eigenvalue weighted by Crippen LogP contribution is -2.32. The van der Waals surface area contributed by atoms with E-state index in [9.17, 15) is 14.7 Å². The maximum Gasteiger partial charge on any atom is 0.295 e. The Morgan fingerprint density at radius 3 is 2.35 bits per heavy atom. The summed E-state index contributed by atoms with van der Waals surface area (Å²) in [7, 11) is 3.95. The predicted octanol–water partition coefficient (Wildman–Crippen LogP) is 4.76. The minimum atomic E-state index is -0.651. The maximum atomic E-state index is 13.2. The summed E-state index contributed by atoms with van der Waals surface area (Å²) < 4.78 is 5.80. The second-order valence-corrected chi connectivity index (χ2v) is 9.95. The third-order valence-electron chi connectivity index (χ3n) is 6.02. The van der Waals surface area contributed by atoms with Gasteiger partial charge in [0.1, 0.15) is 11.5 Å². The van der Waals surface area contributed by atoms with Gasteiger partial charge in [-0.2, -0.15) is 0 Å². The van der Waals surface area contributed by atoms with Gasteiger partial charge in [0, 0.05) is 17.7 Å². The molecule has 6 heteroatoms. The van der Waals surface area contributed by atoms with Gasteiger partial charge in [0.25, 0.3) is 11.7 Å². The molecule has 1 saturated heterocycles. The number of hydrogen-bond donors (Lipinski definition) is 1. The molecule has 1 aliphatic rings. The Morgan fingerprint density at radius 1 is 1.09 bits per heavy atom. The summed E-state index contributed by atoms with van der Waals surface area (Å²) in [4.78, 5) is 29.9. The SMILES string of the molecule is CCOc1ccc(/C(O)=C2/C(=O)C(=O)N(CCCN(C)C)C2c2ccccc2)cc1C(C)(C)C. The van der Waals surface area contributed by atoms with Crippen LogP contribution in [0, 0.1) is 0 Å². The van der Waals surface area contributed by atoms with Crippen LogP contribution in [0.25, 0.3) is 5.76 Å². The van der Waals surface area contributed by atoms with Crippen molar-refractivity contribution in [2.24, 2.45) is 0 Å². The summed E-state index contributed by atoms with van der Waals surface area (Å²) in [5.74, 6) is -0.635. The van der Waals surface area contributed by atoms with Crippen molar-refractivity contribution in [2.45, 2.75) is 45.6 Å². The Bertz CT molecular complexity index is 1070. The van der Waals surface area contributed by atoms with Crippen molar-refractivity contribution in [3.8, 4) is 5.75 Å². The molecule has 1 unspecified atom stereocenters. The number of likely N-dealkylation sites (tertiary alicyclic amines) is 1. The quantitative estimate of drug-likeness (QED) is 0.347. The van der Waals surface area contributed by atoms with Gasteiger partial charge in [-0.3, -0.25) is 9.59 Å². The molecule has 1 amide bonds. The minimum absolute atomic E-state index is 0.130. The van der Waals surface area contributed by atoms with Crippen molar-refractivity contribution in [1.82, 2.24) is 9.80 Å². The predicted molar refractivity (Wildman–Crippen MR) is 135 cm³/mol. The standard InChI is InChI=1S/C28H36N2O4/c1-7-34-22-15-14-20(18-21(22)28(2,3)4)25(31)23-24(19-12-9-8-10-13-19)30(27(33)26(23)32)17-11-16-29(5)6/h8-10,12-15,18,24,31H,7,11,16-17H2,1-6H3/b25-23-.